The number of amides is 1. The number of benzene rings is 1. The summed E-state index contributed by atoms with van der Waals surface area (Å²) in [5.74, 6) is 0.269. The Hall–Kier alpha value is -3.09. The second-order valence-electron chi connectivity index (χ2n) is 5.46. The van der Waals surface area contributed by atoms with Crippen LogP contribution in [0, 0.1) is 0 Å². The Labute approximate surface area is 140 Å². The minimum Gasteiger partial charge on any atom is -0.391 e. The quantitative estimate of drug-likeness (QED) is 0.901. The molecular weight excluding hydrogens is 306 g/mol. The minimum absolute atomic E-state index is 0.0353. The van der Waals surface area contributed by atoms with Gasteiger partial charge in [0.2, 0.25) is 5.88 Å². The number of primary amides is 1. The highest BCUT2D eigenvalue weighted by atomic mass is 16.6. The zero-order valence-corrected chi connectivity index (χ0v) is 13.6. The summed E-state index contributed by atoms with van der Waals surface area (Å²) in [6.45, 7) is 4.85. The molecule has 4 N–H and O–H groups in total. The number of rotatable bonds is 3. The molecule has 7 nitrogen and oxygen atoms in total. The zero-order chi connectivity index (χ0) is 17.3. The van der Waals surface area contributed by atoms with E-state index in [1.54, 1.807) is 6.07 Å². The van der Waals surface area contributed by atoms with E-state index in [4.69, 9.17) is 21.2 Å². The average Bonchev–Trinajstić information content (AvgIpc) is 2.55. The van der Waals surface area contributed by atoms with Gasteiger partial charge in [-0.3, -0.25) is 0 Å². The summed E-state index contributed by atoms with van der Waals surface area (Å²) in [7, 11) is 0. The van der Waals surface area contributed by atoms with Gasteiger partial charge in [0, 0.05) is 12.6 Å². The van der Waals surface area contributed by atoms with Crippen molar-refractivity contribution in [1.29, 1.82) is 0 Å². The van der Waals surface area contributed by atoms with E-state index in [1.165, 1.54) is 0 Å². The first-order chi connectivity index (χ1) is 11.5. The third kappa shape index (κ3) is 2.76. The molecule has 1 aromatic carbocycles. The molecule has 2 heterocycles. The number of aliphatic imine (C=N–C) groups is 1. The maximum atomic E-state index is 11.0. The SMILES string of the molecule is CCN1c2cc(OC(N)=O)nc(N)c2N=C(c2ccccc2)[C@H]1C. The summed E-state index contributed by atoms with van der Waals surface area (Å²) in [5.41, 5.74) is 14.4. The van der Waals surface area contributed by atoms with Crippen LogP contribution in [0.2, 0.25) is 0 Å². The number of nitrogens with zero attached hydrogens (tertiary/aromatic N) is 3. The highest BCUT2D eigenvalue weighted by Gasteiger charge is 2.29. The number of pyridine rings is 1. The predicted molar refractivity (Wildman–Crippen MR) is 94.0 cm³/mol. The van der Waals surface area contributed by atoms with Gasteiger partial charge in [-0.2, -0.15) is 4.98 Å². The molecule has 1 aliphatic heterocycles. The molecule has 7 heteroatoms. The monoisotopic (exact) mass is 325 g/mol. The van der Waals surface area contributed by atoms with E-state index in [-0.39, 0.29) is 17.7 Å². The third-order valence-corrected chi connectivity index (χ3v) is 4.00. The number of likely N-dealkylation sites (N-methyl/N-ethyl adjacent to an activating group) is 1. The Morgan fingerprint density at radius 2 is 2.04 bits per heavy atom. The van der Waals surface area contributed by atoms with E-state index < -0.39 is 6.09 Å². The Bertz CT molecular complexity index is 804. The number of anilines is 2. The van der Waals surface area contributed by atoms with Gasteiger partial charge in [-0.25, -0.2) is 9.79 Å². The van der Waals surface area contributed by atoms with Gasteiger partial charge in [0.15, 0.2) is 5.82 Å². The van der Waals surface area contributed by atoms with Gasteiger partial charge in [-0.15, -0.1) is 0 Å². The van der Waals surface area contributed by atoms with Crippen LogP contribution in [-0.2, 0) is 0 Å². The van der Waals surface area contributed by atoms with Crippen molar-refractivity contribution in [1.82, 2.24) is 4.98 Å². The number of fused-ring (bicyclic) bond motifs is 1. The van der Waals surface area contributed by atoms with E-state index in [2.05, 4.69) is 16.8 Å². The van der Waals surface area contributed by atoms with Crippen LogP contribution >= 0.6 is 0 Å². The first kappa shape index (κ1) is 15.8. The number of nitrogen functional groups attached to an aromatic ring is 1. The molecule has 1 amide bonds. The van der Waals surface area contributed by atoms with Crippen molar-refractivity contribution >= 4 is 29.0 Å². The van der Waals surface area contributed by atoms with E-state index in [9.17, 15) is 4.79 Å². The highest BCUT2D eigenvalue weighted by molar-refractivity contribution is 6.10. The van der Waals surface area contributed by atoms with Crippen LogP contribution in [0.15, 0.2) is 41.4 Å². The molecule has 0 spiro atoms. The molecule has 0 bridgehead atoms. The summed E-state index contributed by atoms with van der Waals surface area (Å²) < 4.78 is 4.87. The molecule has 2 aromatic rings. The second-order valence-corrected chi connectivity index (χ2v) is 5.46. The van der Waals surface area contributed by atoms with E-state index in [0.29, 0.717) is 5.69 Å². The van der Waals surface area contributed by atoms with Crippen LogP contribution in [0.3, 0.4) is 0 Å². The third-order valence-electron chi connectivity index (χ3n) is 4.00. The first-order valence-corrected chi connectivity index (χ1v) is 7.69. The molecule has 1 aromatic heterocycles. The number of hydrogen-bond donors (Lipinski definition) is 2. The van der Waals surface area contributed by atoms with Gasteiger partial charge in [0.05, 0.1) is 17.4 Å². The van der Waals surface area contributed by atoms with Gasteiger partial charge in [0.1, 0.15) is 5.69 Å². The van der Waals surface area contributed by atoms with Crippen molar-refractivity contribution in [2.45, 2.75) is 19.9 Å². The second kappa shape index (κ2) is 6.19. The molecule has 1 atom stereocenters. The molecule has 0 fully saturated rings. The van der Waals surface area contributed by atoms with Crippen LogP contribution in [0.1, 0.15) is 19.4 Å². The smallest absolute Gasteiger partial charge is 0.391 e. The normalized spacial score (nSPS) is 16.3. The fraction of sp³-hybridized carbons (Fsp3) is 0.235. The molecule has 3 rings (SSSR count). The molecule has 0 aliphatic carbocycles. The van der Waals surface area contributed by atoms with Crippen molar-refractivity contribution in [3.8, 4) is 5.88 Å². The lowest BCUT2D eigenvalue weighted by Gasteiger charge is -2.36. The Kier molecular flexibility index (Phi) is 4.07. The zero-order valence-electron chi connectivity index (χ0n) is 13.6. The van der Waals surface area contributed by atoms with Crippen LogP contribution in [0.4, 0.5) is 22.0 Å². The standard InChI is InChI=1S/C17H19N5O2/c1-3-22-10(2)14(11-7-5-4-6-8-11)21-15-12(22)9-13(20-16(15)18)24-17(19)23/h4-10H,3H2,1-2H3,(H2,18,20)(H2,19,23)/t10-/m1/s1. The number of carbonyl (C=O) groups is 1. The molecule has 24 heavy (non-hydrogen) atoms. The molecule has 124 valence electrons. The molecule has 0 saturated heterocycles. The number of carbonyl (C=O) groups excluding carboxylic acids is 1. The van der Waals surface area contributed by atoms with Crippen molar-refractivity contribution in [2.75, 3.05) is 17.2 Å². The largest absolute Gasteiger partial charge is 0.411 e. The van der Waals surface area contributed by atoms with Gasteiger partial charge in [0.25, 0.3) is 0 Å². The lowest BCUT2D eigenvalue weighted by Crippen LogP contribution is -2.41. The van der Waals surface area contributed by atoms with Gasteiger partial charge < -0.3 is 21.1 Å². The Balaban J connectivity index is 2.15. The van der Waals surface area contributed by atoms with Crippen LogP contribution in [0.5, 0.6) is 5.88 Å². The van der Waals surface area contributed by atoms with Crippen molar-refractivity contribution in [3.63, 3.8) is 0 Å². The van der Waals surface area contributed by atoms with Gasteiger partial charge in [-0.1, -0.05) is 30.3 Å². The minimum atomic E-state index is -0.928. The number of nitrogens with two attached hydrogens (primary N) is 2. The summed E-state index contributed by atoms with van der Waals surface area (Å²) >= 11 is 0. The lowest BCUT2D eigenvalue weighted by atomic mass is 10.00. The van der Waals surface area contributed by atoms with Crippen LogP contribution < -0.4 is 21.1 Å². The Morgan fingerprint density at radius 1 is 1.33 bits per heavy atom. The van der Waals surface area contributed by atoms with E-state index >= 15 is 0 Å². The Morgan fingerprint density at radius 3 is 2.67 bits per heavy atom. The van der Waals surface area contributed by atoms with Crippen LogP contribution in [0.25, 0.3) is 0 Å². The highest BCUT2D eigenvalue weighted by Crippen LogP contribution is 2.41. The molecule has 0 unspecified atom stereocenters. The summed E-state index contributed by atoms with van der Waals surface area (Å²) in [5, 5.41) is 0. The average molecular weight is 325 g/mol. The van der Waals surface area contributed by atoms with Crippen LogP contribution in [-0.4, -0.2) is 29.4 Å². The van der Waals surface area contributed by atoms with E-state index in [0.717, 1.165) is 23.5 Å². The number of ether oxygens (including phenoxy) is 1. The van der Waals surface area contributed by atoms with Gasteiger partial charge in [-0.05, 0) is 19.4 Å². The van der Waals surface area contributed by atoms with Crippen molar-refractivity contribution in [2.24, 2.45) is 10.7 Å². The maximum absolute atomic E-state index is 11.0. The van der Waals surface area contributed by atoms with Crippen molar-refractivity contribution < 1.29 is 9.53 Å². The molecular formula is C17H19N5O2. The molecule has 1 aliphatic rings. The number of aromatic nitrogens is 1. The van der Waals surface area contributed by atoms with Crippen molar-refractivity contribution in [3.05, 3.63) is 42.0 Å². The van der Waals surface area contributed by atoms with Gasteiger partial charge >= 0.3 is 6.09 Å². The molecule has 0 radical (unpaired) electrons. The van der Waals surface area contributed by atoms with E-state index in [1.807, 2.05) is 37.3 Å². The topological polar surface area (TPSA) is 107 Å². The molecule has 0 saturated carbocycles. The maximum Gasteiger partial charge on any atom is 0.411 e. The number of hydrogen-bond acceptors (Lipinski definition) is 6. The summed E-state index contributed by atoms with van der Waals surface area (Å²) in [6.07, 6.45) is -0.928. The lowest BCUT2D eigenvalue weighted by molar-refractivity contribution is 0.209. The summed E-state index contributed by atoms with van der Waals surface area (Å²) in [4.78, 5) is 21.9. The fourth-order valence-corrected chi connectivity index (χ4v) is 2.94. The summed E-state index contributed by atoms with van der Waals surface area (Å²) in [6, 6.07) is 11.6. The predicted octanol–water partition coefficient (Wildman–Crippen LogP) is 2.47. The first-order valence-electron chi connectivity index (χ1n) is 7.69. The fourth-order valence-electron chi connectivity index (χ4n) is 2.94.